The van der Waals surface area contributed by atoms with Crippen LogP contribution in [0.3, 0.4) is 0 Å². The van der Waals surface area contributed by atoms with Gasteiger partial charge in [-0.15, -0.1) is 0 Å². The van der Waals surface area contributed by atoms with E-state index in [1.54, 1.807) is 7.11 Å². The summed E-state index contributed by atoms with van der Waals surface area (Å²) in [6.45, 7) is 5.57. The van der Waals surface area contributed by atoms with Crippen LogP contribution >= 0.6 is 0 Å². The molecule has 0 amide bonds. The Bertz CT molecular complexity index is 298. The summed E-state index contributed by atoms with van der Waals surface area (Å²) in [5.74, 6) is 2.12. The minimum atomic E-state index is 0.549. The molecule has 0 aliphatic carbocycles. The molecule has 1 rings (SSSR count). The average Bonchev–Trinajstić information content (AvgIpc) is 2.28. The number of nitrogens with one attached hydrogen (secondary N) is 1. The molecule has 0 saturated heterocycles. The van der Waals surface area contributed by atoms with E-state index in [2.05, 4.69) is 37.4 Å². The third-order valence-corrected chi connectivity index (χ3v) is 3.00. The number of methoxy groups -OCH3 is 1. The average molecular weight is 207 g/mol. The largest absolute Gasteiger partial charge is 0.497 e. The van der Waals surface area contributed by atoms with E-state index in [1.165, 1.54) is 5.56 Å². The summed E-state index contributed by atoms with van der Waals surface area (Å²) >= 11 is 0. The first-order chi connectivity index (χ1) is 7.19. The molecule has 0 bridgehead atoms. The fourth-order valence-electron chi connectivity index (χ4n) is 1.75. The van der Waals surface area contributed by atoms with Crippen molar-refractivity contribution in [2.45, 2.75) is 19.8 Å². The van der Waals surface area contributed by atoms with E-state index in [4.69, 9.17) is 4.74 Å². The third kappa shape index (κ3) is 3.24. The highest BCUT2D eigenvalue weighted by atomic mass is 16.5. The minimum Gasteiger partial charge on any atom is -0.497 e. The van der Waals surface area contributed by atoms with Gasteiger partial charge in [0.2, 0.25) is 0 Å². The second-order valence-electron chi connectivity index (χ2n) is 4.10. The number of rotatable bonds is 5. The quantitative estimate of drug-likeness (QED) is 0.801. The molecule has 2 heteroatoms. The first kappa shape index (κ1) is 12.1. The fourth-order valence-corrected chi connectivity index (χ4v) is 1.75. The molecule has 1 aromatic rings. The summed E-state index contributed by atoms with van der Waals surface area (Å²) in [5.41, 5.74) is 1.34. The molecule has 2 atom stereocenters. The molecule has 0 spiro atoms. The monoisotopic (exact) mass is 207 g/mol. The van der Waals surface area contributed by atoms with Gasteiger partial charge in [0, 0.05) is 0 Å². The summed E-state index contributed by atoms with van der Waals surface area (Å²) in [4.78, 5) is 0. The maximum atomic E-state index is 5.23. The van der Waals surface area contributed by atoms with Crippen molar-refractivity contribution in [2.75, 3.05) is 20.7 Å². The molecular weight excluding hydrogens is 186 g/mol. The van der Waals surface area contributed by atoms with Crippen molar-refractivity contribution >= 4 is 0 Å². The van der Waals surface area contributed by atoms with Gasteiger partial charge >= 0.3 is 0 Å². The van der Waals surface area contributed by atoms with Crippen molar-refractivity contribution < 1.29 is 4.74 Å². The Morgan fingerprint density at radius 1 is 1.33 bits per heavy atom. The molecule has 0 saturated carbocycles. The van der Waals surface area contributed by atoms with E-state index in [0.717, 1.165) is 12.3 Å². The van der Waals surface area contributed by atoms with Crippen molar-refractivity contribution in [1.29, 1.82) is 0 Å². The van der Waals surface area contributed by atoms with Crippen molar-refractivity contribution in [2.24, 2.45) is 5.92 Å². The third-order valence-electron chi connectivity index (χ3n) is 3.00. The number of hydrogen-bond donors (Lipinski definition) is 1. The lowest BCUT2D eigenvalue weighted by Crippen LogP contribution is -2.20. The molecule has 1 unspecified atom stereocenters. The zero-order valence-electron chi connectivity index (χ0n) is 10.1. The Kier molecular flexibility index (Phi) is 4.63. The summed E-state index contributed by atoms with van der Waals surface area (Å²) in [6, 6.07) is 8.33. The van der Waals surface area contributed by atoms with E-state index in [9.17, 15) is 0 Å². The zero-order chi connectivity index (χ0) is 11.3. The normalized spacial score (nSPS) is 14.7. The van der Waals surface area contributed by atoms with Crippen LogP contribution in [0.5, 0.6) is 5.75 Å². The molecule has 1 aromatic carbocycles. The minimum absolute atomic E-state index is 0.549. The van der Waals surface area contributed by atoms with Gasteiger partial charge in [-0.3, -0.25) is 0 Å². The van der Waals surface area contributed by atoms with Gasteiger partial charge in [-0.05, 0) is 43.1 Å². The molecule has 0 aliphatic heterocycles. The highest BCUT2D eigenvalue weighted by Crippen LogP contribution is 2.26. The summed E-state index contributed by atoms with van der Waals surface area (Å²) in [7, 11) is 3.70. The Morgan fingerprint density at radius 2 is 2.07 bits per heavy atom. The van der Waals surface area contributed by atoms with Crippen molar-refractivity contribution in [1.82, 2.24) is 5.32 Å². The van der Waals surface area contributed by atoms with Gasteiger partial charge < -0.3 is 10.1 Å². The van der Waals surface area contributed by atoms with E-state index in [-0.39, 0.29) is 0 Å². The maximum Gasteiger partial charge on any atom is 0.119 e. The molecule has 0 aromatic heterocycles. The van der Waals surface area contributed by atoms with Crippen LogP contribution in [0.2, 0.25) is 0 Å². The number of hydrogen-bond acceptors (Lipinski definition) is 2. The molecule has 0 aliphatic rings. The Balaban J connectivity index is 2.76. The van der Waals surface area contributed by atoms with Crippen LogP contribution < -0.4 is 10.1 Å². The Labute approximate surface area is 92.6 Å². The molecular formula is C13H21NO. The van der Waals surface area contributed by atoms with Crippen LogP contribution in [0, 0.1) is 5.92 Å². The predicted molar refractivity (Wildman–Crippen MR) is 64.5 cm³/mol. The lowest BCUT2D eigenvalue weighted by molar-refractivity contribution is 0.411. The van der Waals surface area contributed by atoms with Gasteiger partial charge in [-0.1, -0.05) is 26.0 Å². The Morgan fingerprint density at radius 3 is 2.67 bits per heavy atom. The molecule has 0 fully saturated rings. The summed E-state index contributed by atoms with van der Waals surface area (Å²) in [6.07, 6.45) is 0. The van der Waals surface area contributed by atoms with E-state index in [1.807, 2.05) is 13.1 Å². The lowest BCUT2D eigenvalue weighted by atomic mass is 9.89. The molecule has 2 nitrogen and oxygen atoms in total. The van der Waals surface area contributed by atoms with Gasteiger partial charge in [-0.25, -0.2) is 0 Å². The van der Waals surface area contributed by atoms with Crippen LogP contribution in [-0.2, 0) is 0 Å². The fraction of sp³-hybridized carbons (Fsp3) is 0.538. The first-order valence-corrected chi connectivity index (χ1v) is 5.47. The molecule has 0 radical (unpaired) electrons. The van der Waals surface area contributed by atoms with E-state index >= 15 is 0 Å². The van der Waals surface area contributed by atoms with Gasteiger partial charge in [-0.2, -0.15) is 0 Å². The van der Waals surface area contributed by atoms with Gasteiger partial charge in [0.25, 0.3) is 0 Å². The first-order valence-electron chi connectivity index (χ1n) is 5.47. The highest BCUT2D eigenvalue weighted by molar-refractivity contribution is 5.30. The summed E-state index contributed by atoms with van der Waals surface area (Å²) < 4.78 is 5.23. The van der Waals surface area contributed by atoms with Crippen molar-refractivity contribution in [3.63, 3.8) is 0 Å². The standard InChI is InChI=1S/C13H21NO/c1-10(9-14-3)11(2)12-6-5-7-13(8-12)15-4/h5-8,10-11,14H,9H2,1-4H3/t10-,11?/m0/s1. The zero-order valence-corrected chi connectivity index (χ0v) is 10.1. The summed E-state index contributed by atoms with van der Waals surface area (Å²) in [5, 5.41) is 3.22. The van der Waals surface area contributed by atoms with Crippen molar-refractivity contribution in [3.05, 3.63) is 29.8 Å². The lowest BCUT2D eigenvalue weighted by Gasteiger charge is -2.20. The van der Waals surface area contributed by atoms with Crippen LogP contribution in [-0.4, -0.2) is 20.7 Å². The van der Waals surface area contributed by atoms with Crippen LogP contribution in [0.1, 0.15) is 25.3 Å². The number of ether oxygens (including phenoxy) is 1. The predicted octanol–water partition coefficient (Wildman–Crippen LogP) is 2.65. The molecule has 84 valence electrons. The van der Waals surface area contributed by atoms with Crippen LogP contribution in [0.25, 0.3) is 0 Å². The SMILES string of the molecule is CNC[C@H](C)C(C)c1cccc(OC)c1. The van der Waals surface area contributed by atoms with Gasteiger partial charge in [0.05, 0.1) is 7.11 Å². The van der Waals surface area contributed by atoms with E-state index < -0.39 is 0 Å². The number of benzene rings is 1. The van der Waals surface area contributed by atoms with Gasteiger partial charge in [0.15, 0.2) is 0 Å². The van der Waals surface area contributed by atoms with Crippen LogP contribution in [0.4, 0.5) is 0 Å². The maximum absolute atomic E-state index is 5.23. The molecule has 0 heterocycles. The highest BCUT2D eigenvalue weighted by Gasteiger charge is 2.13. The molecule has 15 heavy (non-hydrogen) atoms. The van der Waals surface area contributed by atoms with E-state index in [0.29, 0.717) is 11.8 Å². The van der Waals surface area contributed by atoms with Crippen LogP contribution in [0.15, 0.2) is 24.3 Å². The second-order valence-corrected chi connectivity index (χ2v) is 4.10. The molecule has 1 N–H and O–H groups in total. The van der Waals surface area contributed by atoms with Gasteiger partial charge in [0.1, 0.15) is 5.75 Å². The topological polar surface area (TPSA) is 21.3 Å². The smallest absolute Gasteiger partial charge is 0.119 e. The second kappa shape index (κ2) is 5.76. The van der Waals surface area contributed by atoms with Crippen molar-refractivity contribution in [3.8, 4) is 5.75 Å². The Hall–Kier alpha value is -1.02.